The molecule has 0 radical (unpaired) electrons. The SMILES string of the molecule is COc1ccc(C)c(CC#N)c1O. The van der Waals surface area contributed by atoms with Crippen LogP contribution in [0.2, 0.25) is 0 Å². The minimum Gasteiger partial charge on any atom is -0.504 e. The maximum Gasteiger partial charge on any atom is 0.162 e. The highest BCUT2D eigenvalue weighted by molar-refractivity contribution is 5.50. The van der Waals surface area contributed by atoms with Gasteiger partial charge < -0.3 is 9.84 Å². The predicted octanol–water partition coefficient (Wildman–Crippen LogP) is 1.78. The molecular weight excluding hydrogens is 166 g/mol. The summed E-state index contributed by atoms with van der Waals surface area (Å²) in [6, 6.07) is 5.51. The van der Waals surface area contributed by atoms with Gasteiger partial charge in [0.05, 0.1) is 19.6 Å². The number of rotatable bonds is 2. The molecule has 0 aliphatic rings. The quantitative estimate of drug-likeness (QED) is 0.749. The van der Waals surface area contributed by atoms with Crippen LogP contribution in [0.25, 0.3) is 0 Å². The van der Waals surface area contributed by atoms with Gasteiger partial charge >= 0.3 is 0 Å². The molecule has 0 spiro atoms. The zero-order chi connectivity index (χ0) is 9.84. The molecule has 0 aliphatic carbocycles. The van der Waals surface area contributed by atoms with E-state index >= 15 is 0 Å². The van der Waals surface area contributed by atoms with E-state index in [9.17, 15) is 5.11 Å². The molecule has 0 fully saturated rings. The second kappa shape index (κ2) is 3.81. The molecule has 0 saturated carbocycles. The topological polar surface area (TPSA) is 53.2 Å². The van der Waals surface area contributed by atoms with Crippen LogP contribution in [0.15, 0.2) is 12.1 Å². The van der Waals surface area contributed by atoms with Crippen molar-refractivity contribution in [2.24, 2.45) is 0 Å². The van der Waals surface area contributed by atoms with Crippen LogP contribution in [0, 0.1) is 18.3 Å². The number of nitriles is 1. The molecule has 1 aromatic carbocycles. The second-order valence-corrected chi connectivity index (χ2v) is 2.75. The summed E-state index contributed by atoms with van der Waals surface area (Å²) in [6.07, 6.45) is 0.203. The molecule has 0 atom stereocenters. The third-order valence-electron chi connectivity index (χ3n) is 1.96. The number of aromatic hydroxyl groups is 1. The molecule has 0 aromatic heterocycles. The van der Waals surface area contributed by atoms with Crippen LogP contribution < -0.4 is 4.74 Å². The van der Waals surface area contributed by atoms with E-state index in [1.54, 1.807) is 6.07 Å². The number of nitrogens with zero attached hydrogens (tertiary/aromatic N) is 1. The van der Waals surface area contributed by atoms with E-state index in [4.69, 9.17) is 10.00 Å². The lowest BCUT2D eigenvalue weighted by Crippen LogP contribution is -1.92. The van der Waals surface area contributed by atoms with Crippen molar-refractivity contribution >= 4 is 0 Å². The number of aryl methyl sites for hydroxylation is 1. The molecule has 0 unspecified atom stereocenters. The Kier molecular flexibility index (Phi) is 2.76. The third kappa shape index (κ3) is 1.73. The molecule has 0 amide bonds. The first kappa shape index (κ1) is 9.40. The summed E-state index contributed by atoms with van der Waals surface area (Å²) < 4.78 is 4.93. The Bertz CT molecular complexity index is 353. The van der Waals surface area contributed by atoms with Crippen LogP contribution in [0.1, 0.15) is 11.1 Å². The molecule has 3 heteroatoms. The standard InChI is InChI=1S/C10H11NO2/c1-7-3-4-9(13-2)10(12)8(7)5-6-11/h3-4,12H,5H2,1-2H3. The number of ether oxygens (including phenoxy) is 1. The van der Waals surface area contributed by atoms with E-state index < -0.39 is 0 Å². The van der Waals surface area contributed by atoms with E-state index in [0.717, 1.165) is 5.56 Å². The van der Waals surface area contributed by atoms with E-state index in [1.807, 2.05) is 19.1 Å². The molecule has 1 N–H and O–H groups in total. The van der Waals surface area contributed by atoms with E-state index in [1.165, 1.54) is 7.11 Å². The van der Waals surface area contributed by atoms with Crippen LogP contribution in [-0.4, -0.2) is 12.2 Å². The Morgan fingerprint density at radius 2 is 2.23 bits per heavy atom. The van der Waals surface area contributed by atoms with Gasteiger partial charge in [-0.15, -0.1) is 0 Å². The average molecular weight is 177 g/mol. The molecule has 0 heterocycles. The summed E-state index contributed by atoms with van der Waals surface area (Å²) in [4.78, 5) is 0. The van der Waals surface area contributed by atoms with Gasteiger partial charge in [-0.25, -0.2) is 0 Å². The molecule has 0 aliphatic heterocycles. The van der Waals surface area contributed by atoms with Crippen molar-refractivity contribution in [2.45, 2.75) is 13.3 Å². The van der Waals surface area contributed by atoms with Crippen LogP contribution in [0.5, 0.6) is 11.5 Å². The van der Waals surface area contributed by atoms with Gasteiger partial charge in [-0.2, -0.15) is 5.26 Å². The normalized spacial score (nSPS) is 9.31. The number of hydrogen-bond donors (Lipinski definition) is 1. The highest BCUT2D eigenvalue weighted by Crippen LogP contribution is 2.31. The molecule has 68 valence electrons. The molecule has 0 bridgehead atoms. The van der Waals surface area contributed by atoms with Crippen molar-refractivity contribution in [3.63, 3.8) is 0 Å². The van der Waals surface area contributed by atoms with Crippen LogP contribution in [0.3, 0.4) is 0 Å². The van der Waals surface area contributed by atoms with Crippen molar-refractivity contribution in [1.82, 2.24) is 0 Å². The lowest BCUT2D eigenvalue weighted by atomic mass is 10.0. The fourth-order valence-corrected chi connectivity index (χ4v) is 1.18. The molecule has 3 nitrogen and oxygen atoms in total. The average Bonchev–Trinajstić information content (AvgIpc) is 2.12. The predicted molar refractivity (Wildman–Crippen MR) is 48.7 cm³/mol. The van der Waals surface area contributed by atoms with E-state index in [2.05, 4.69) is 0 Å². The van der Waals surface area contributed by atoms with Gasteiger partial charge in [-0.3, -0.25) is 0 Å². The Labute approximate surface area is 77.2 Å². The maximum atomic E-state index is 9.62. The molecule has 1 aromatic rings. The summed E-state index contributed by atoms with van der Waals surface area (Å²) in [5.41, 5.74) is 1.54. The number of methoxy groups -OCH3 is 1. The maximum absolute atomic E-state index is 9.62. The van der Waals surface area contributed by atoms with Crippen LogP contribution in [0.4, 0.5) is 0 Å². The minimum atomic E-state index is 0.0732. The summed E-state index contributed by atoms with van der Waals surface area (Å²) >= 11 is 0. The fourth-order valence-electron chi connectivity index (χ4n) is 1.18. The first-order valence-electron chi connectivity index (χ1n) is 3.93. The first-order chi connectivity index (χ1) is 6.20. The number of phenols is 1. The summed E-state index contributed by atoms with van der Waals surface area (Å²) in [5, 5.41) is 18.2. The zero-order valence-corrected chi connectivity index (χ0v) is 7.66. The van der Waals surface area contributed by atoms with Gasteiger partial charge in [-0.05, 0) is 18.6 Å². The van der Waals surface area contributed by atoms with Gasteiger partial charge in [0.1, 0.15) is 0 Å². The largest absolute Gasteiger partial charge is 0.504 e. The highest BCUT2D eigenvalue weighted by atomic mass is 16.5. The molecule has 1 rings (SSSR count). The third-order valence-corrected chi connectivity index (χ3v) is 1.96. The van der Waals surface area contributed by atoms with Crippen LogP contribution >= 0.6 is 0 Å². The highest BCUT2D eigenvalue weighted by Gasteiger charge is 2.09. The van der Waals surface area contributed by atoms with Gasteiger partial charge in [-0.1, -0.05) is 6.07 Å². The van der Waals surface area contributed by atoms with Gasteiger partial charge in [0.2, 0.25) is 0 Å². The smallest absolute Gasteiger partial charge is 0.162 e. The lowest BCUT2D eigenvalue weighted by molar-refractivity contribution is 0.371. The lowest BCUT2D eigenvalue weighted by Gasteiger charge is -2.08. The fraction of sp³-hybridized carbons (Fsp3) is 0.300. The molecular formula is C10H11NO2. The van der Waals surface area contributed by atoms with Crippen molar-refractivity contribution in [3.05, 3.63) is 23.3 Å². The first-order valence-corrected chi connectivity index (χ1v) is 3.93. The van der Waals surface area contributed by atoms with Gasteiger partial charge in [0.25, 0.3) is 0 Å². The number of phenolic OH excluding ortho intramolecular Hbond substituents is 1. The zero-order valence-electron chi connectivity index (χ0n) is 7.66. The Balaban J connectivity index is 3.23. The molecule has 0 saturated heterocycles. The Morgan fingerprint density at radius 1 is 1.54 bits per heavy atom. The van der Waals surface area contributed by atoms with Gasteiger partial charge in [0.15, 0.2) is 11.5 Å². The van der Waals surface area contributed by atoms with Crippen molar-refractivity contribution < 1.29 is 9.84 Å². The summed E-state index contributed by atoms with van der Waals surface area (Å²) in [5.74, 6) is 0.486. The van der Waals surface area contributed by atoms with Crippen molar-refractivity contribution in [1.29, 1.82) is 5.26 Å². The Hall–Kier alpha value is -1.69. The Morgan fingerprint density at radius 3 is 2.77 bits per heavy atom. The van der Waals surface area contributed by atoms with E-state index in [0.29, 0.717) is 11.3 Å². The van der Waals surface area contributed by atoms with Crippen LogP contribution in [-0.2, 0) is 6.42 Å². The summed E-state index contributed by atoms with van der Waals surface area (Å²) in [6.45, 7) is 1.85. The summed E-state index contributed by atoms with van der Waals surface area (Å²) in [7, 11) is 1.49. The number of hydrogen-bond acceptors (Lipinski definition) is 3. The monoisotopic (exact) mass is 177 g/mol. The van der Waals surface area contributed by atoms with Crippen molar-refractivity contribution in [2.75, 3.05) is 7.11 Å². The van der Waals surface area contributed by atoms with Gasteiger partial charge in [0, 0.05) is 5.56 Å². The number of benzene rings is 1. The second-order valence-electron chi connectivity index (χ2n) is 2.75. The van der Waals surface area contributed by atoms with Crippen molar-refractivity contribution in [3.8, 4) is 17.6 Å². The molecule has 13 heavy (non-hydrogen) atoms. The minimum absolute atomic E-state index is 0.0732. The van der Waals surface area contributed by atoms with E-state index in [-0.39, 0.29) is 12.2 Å².